The van der Waals surface area contributed by atoms with Gasteiger partial charge in [-0.3, -0.25) is 4.79 Å². The Bertz CT molecular complexity index is 130. The minimum Gasteiger partial charge on any atom is -0.355 e. The van der Waals surface area contributed by atoms with E-state index in [1.165, 1.54) is 0 Å². The summed E-state index contributed by atoms with van der Waals surface area (Å²) in [5, 5.41) is 2.77. The second-order valence-electron chi connectivity index (χ2n) is 2.72. The first kappa shape index (κ1) is 11.8. The van der Waals surface area contributed by atoms with Crippen LogP contribution < -0.4 is 5.32 Å². The van der Waals surface area contributed by atoms with Gasteiger partial charge in [0.25, 0.3) is 0 Å². The van der Waals surface area contributed by atoms with E-state index in [1.807, 2.05) is 7.05 Å². The van der Waals surface area contributed by atoms with Crippen LogP contribution in [0.15, 0.2) is 0 Å². The van der Waals surface area contributed by atoms with E-state index in [0.717, 1.165) is 13.1 Å². The highest BCUT2D eigenvalue weighted by molar-refractivity contribution is 7.80. The molecule has 0 aliphatic rings. The highest BCUT2D eigenvalue weighted by Gasteiger charge is 2.01. The number of nitrogens with zero attached hydrogens (tertiary/aromatic N) is 1. The summed E-state index contributed by atoms with van der Waals surface area (Å²) in [5.41, 5.74) is 0. The van der Waals surface area contributed by atoms with Gasteiger partial charge in [0.15, 0.2) is 0 Å². The zero-order chi connectivity index (χ0) is 9.40. The smallest absolute Gasteiger partial charge is 0.221 e. The maximum Gasteiger partial charge on any atom is 0.221 e. The molecule has 12 heavy (non-hydrogen) atoms. The highest BCUT2D eigenvalue weighted by atomic mass is 32.1. The molecule has 0 atom stereocenters. The lowest BCUT2D eigenvalue weighted by Gasteiger charge is -2.12. The molecule has 0 saturated carbocycles. The van der Waals surface area contributed by atoms with Crippen molar-refractivity contribution in [2.75, 3.05) is 32.4 Å². The summed E-state index contributed by atoms with van der Waals surface area (Å²) in [6, 6.07) is 0. The van der Waals surface area contributed by atoms with Crippen LogP contribution >= 0.6 is 12.6 Å². The van der Waals surface area contributed by atoms with Gasteiger partial charge < -0.3 is 10.2 Å². The third-order valence-electron chi connectivity index (χ3n) is 1.69. The van der Waals surface area contributed by atoms with Gasteiger partial charge in [-0.05, 0) is 13.6 Å². The third kappa shape index (κ3) is 6.49. The molecule has 0 aromatic heterocycles. The first-order valence-electron chi connectivity index (χ1n) is 4.26. The van der Waals surface area contributed by atoms with Gasteiger partial charge in [0.2, 0.25) is 5.91 Å². The molecule has 1 amide bonds. The summed E-state index contributed by atoms with van der Waals surface area (Å²) in [7, 11) is 2.01. The van der Waals surface area contributed by atoms with Crippen molar-refractivity contribution < 1.29 is 4.79 Å². The van der Waals surface area contributed by atoms with E-state index in [9.17, 15) is 4.79 Å². The molecule has 3 nitrogen and oxygen atoms in total. The summed E-state index contributed by atoms with van der Waals surface area (Å²) in [5.74, 6) is 0.819. The van der Waals surface area contributed by atoms with Crippen molar-refractivity contribution in [3.8, 4) is 0 Å². The minimum absolute atomic E-state index is 0.115. The lowest BCUT2D eigenvalue weighted by molar-refractivity contribution is -0.121. The van der Waals surface area contributed by atoms with Crippen LogP contribution in [0.2, 0.25) is 0 Å². The van der Waals surface area contributed by atoms with E-state index in [1.54, 1.807) is 0 Å². The molecule has 0 aromatic rings. The Morgan fingerprint density at radius 2 is 2.25 bits per heavy atom. The van der Waals surface area contributed by atoms with Gasteiger partial charge in [0.05, 0.1) is 0 Å². The first-order valence-corrected chi connectivity index (χ1v) is 4.90. The normalized spacial score (nSPS) is 10.3. The van der Waals surface area contributed by atoms with Crippen LogP contribution in [0.25, 0.3) is 0 Å². The number of rotatable bonds is 6. The number of hydrogen-bond donors (Lipinski definition) is 2. The van der Waals surface area contributed by atoms with Gasteiger partial charge >= 0.3 is 0 Å². The monoisotopic (exact) mass is 190 g/mol. The quantitative estimate of drug-likeness (QED) is 0.593. The van der Waals surface area contributed by atoms with Crippen molar-refractivity contribution >= 4 is 18.5 Å². The second-order valence-corrected chi connectivity index (χ2v) is 3.17. The molecule has 1 N–H and O–H groups in total. The molecule has 0 rings (SSSR count). The van der Waals surface area contributed by atoms with Crippen LogP contribution in [-0.2, 0) is 4.79 Å². The van der Waals surface area contributed by atoms with Crippen molar-refractivity contribution in [2.45, 2.75) is 13.3 Å². The van der Waals surface area contributed by atoms with Gasteiger partial charge in [-0.15, -0.1) is 0 Å². The average molecular weight is 190 g/mol. The number of hydrogen-bond acceptors (Lipinski definition) is 3. The van der Waals surface area contributed by atoms with Gasteiger partial charge in [-0.2, -0.15) is 12.6 Å². The van der Waals surface area contributed by atoms with Gasteiger partial charge in [-0.1, -0.05) is 6.92 Å². The van der Waals surface area contributed by atoms with Crippen molar-refractivity contribution in [1.82, 2.24) is 10.2 Å². The molecule has 0 aliphatic heterocycles. The van der Waals surface area contributed by atoms with E-state index in [0.29, 0.717) is 18.7 Å². The van der Waals surface area contributed by atoms with E-state index >= 15 is 0 Å². The maximum atomic E-state index is 11.1. The predicted molar refractivity (Wildman–Crippen MR) is 54.7 cm³/mol. The lowest BCUT2D eigenvalue weighted by atomic mass is 10.3. The van der Waals surface area contributed by atoms with Gasteiger partial charge in [-0.25, -0.2) is 0 Å². The van der Waals surface area contributed by atoms with Gasteiger partial charge in [0, 0.05) is 25.3 Å². The van der Waals surface area contributed by atoms with Gasteiger partial charge in [0.1, 0.15) is 0 Å². The molecular formula is C8H18N2OS. The zero-order valence-corrected chi connectivity index (χ0v) is 8.73. The van der Waals surface area contributed by atoms with E-state index in [4.69, 9.17) is 0 Å². The number of thiol groups is 1. The zero-order valence-electron chi connectivity index (χ0n) is 7.84. The third-order valence-corrected chi connectivity index (χ3v) is 1.92. The Morgan fingerprint density at radius 1 is 1.58 bits per heavy atom. The van der Waals surface area contributed by atoms with Crippen LogP contribution in [0.4, 0.5) is 0 Å². The molecule has 72 valence electrons. The fourth-order valence-electron chi connectivity index (χ4n) is 0.734. The summed E-state index contributed by atoms with van der Waals surface area (Å²) in [6.07, 6.45) is 0.581. The van der Waals surface area contributed by atoms with E-state index in [-0.39, 0.29) is 5.91 Å². The Labute approximate surface area is 79.9 Å². The van der Waals surface area contributed by atoms with Crippen LogP contribution in [0.1, 0.15) is 13.3 Å². The SMILES string of the molecule is CCN(C)CCC(=O)NCCS. The largest absolute Gasteiger partial charge is 0.355 e. The maximum absolute atomic E-state index is 11.1. The molecule has 0 bridgehead atoms. The molecule has 0 spiro atoms. The number of nitrogens with one attached hydrogen (secondary N) is 1. The highest BCUT2D eigenvalue weighted by Crippen LogP contribution is 1.86. The Balaban J connectivity index is 3.31. The molecule has 0 radical (unpaired) electrons. The predicted octanol–water partition coefficient (Wildman–Crippen LogP) is 0.374. The Morgan fingerprint density at radius 3 is 2.75 bits per heavy atom. The number of carbonyl (C=O) groups is 1. The van der Waals surface area contributed by atoms with Crippen LogP contribution in [0.3, 0.4) is 0 Å². The lowest BCUT2D eigenvalue weighted by Crippen LogP contribution is -2.29. The van der Waals surface area contributed by atoms with Crippen LogP contribution in [0, 0.1) is 0 Å². The van der Waals surface area contributed by atoms with Crippen molar-refractivity contribution in [1.29, 1.82) is 0 Å². The summed E-state index contributed by atoms with van der Waals surface area (Å²) in [6.45, 7) is 4.55. The van der Waals surface area contributed by atoms with Crippen molar-refractivity contribution in [3.05, 3.63) is 0 Å². The molecular weight excluding hydrogens is 172 g/mol. The fourth-order valence-corrected chi connectivity index (χ4v) is 0.846. The van der Waals surface area contributed by atoms with Crippen molar-refractivity contribution in [3.63, 3.8) is 0 Å². The first-order chi connectivity index (χ1) is 5.70. The summed E-state index contributed by atoms with van der Waals surface area (Å²) < 4.78 is 0. The summed E-state index contributed by atoms with van der Waals surface area (Å²) >= 11 is 4.00. The van der Waals surface area contributed by atoms with E-state index < -0.39 is 0 Å². The number of amides is 1. The van der Waals surface area contributed by atoms with Crippen LogP contribution in [-0.4, -0.2) is 43.2 Å². The molecule has 4 heteroatoms. The minimum atomic E-state index is 0.115. The van der Waals surface area contributed by atoms with Crippen LogP contribution in [0.5, 0.6) is 0 Å². The molecule has 0 unspecified atom stereocenters. The topological polar surface area (TPSA) is 32.3 Å². The number of carbonyl (C=O) groups excluding carboxylic acids is 1. The van der Waals surface area contributed by atoms with E-state index in [2.05, 4.69) is 29.8 Å². The Kier molecular flexibility index (Phi) is 7.29. The fraction of sp³-hybridized carbons (Fsp3) is 0.875. The second kappa shape index (κ2) is 7.43. The molecule has 0 heterocycles. The van der Waals surface area contributed by atoms with Crippen molar-refractivity contribution in [2.24, 2.45) is 0 Å². The molecule has 0 aromatic carbocycles. The summed E-state index contributed by atoms with van der Waals surface area (Å²) in [4.78, 5) is 13.2. The molecule has 0 fully saturated rings. The molecule has 0 aliphatic carbocycles. The standard InChI is InChI=1S/C8H18N2OS/c1-3-10(2)6-4-8(11)9-5-7-12/h12H,3-7H2,1-2H3,(H,9,11). The Hall–Kier alpha value is -0.220. The molecule has 0 saturated heterocycles. The average Bonchev–Trinajstić information content (AvgIpc) is 2.10.